The van der Waals surface area contributed by atoms with Crippen molar-refractivity contribution >= 4 is 17.7 Å². The maximum Gasteiger partial charge on any atom is 0.230 e. The molecule has 0 saturated heterocycles. The van der Waals surface area contributed by atoms with E-state index in [1.54, 1.807) is 11.8 Å². The molecule has 3 atom stereocenters. The standard InChI is InChI=1S/C16H25N3OS/c1-11-4-3-5-14(12(11)2)18-15(20)10-21-16-17-8-9-19(16)13-6-7-13/h8-9,11-14H,3-7,10H2,1-2H3,(H,18,20)/t11-,12-,14-/m1/s1. The van der Waals surface area contributed by atoms with Gasteiger partial charge in [0.2, 0.25) is 5.91 Å². The highest BCUT2D eigenvalue weighted by Gasteiger charge is 2.29. The maximum atomic E-state index is 12.2. The molecular formula is C16H25N3OS. The van der Waals surface area contributed by atoms with Crippen molar-refractivity contribution in [2.45, 2.75) is 63.2 Å². The van der Waals surface area contributed by atoms with E-state index >= 15 is 0 Å². The van der Waals surface area contributed by atoms with Crippen LogP contribution in [0.1, 0.15) is 52.0 Å². The average molecular weight is 307 g/mol. The molecule has 21 heavy (non-hydrogen) atoms. The molecule has 2 aliphatic rings. The summed E-state index contributed by atoms with van der Waals surface area (Å²) < 4.78 is 2.21. The van der Waals surface area contributed by atoms with Gasteiger partial charge in [-0.1, -0.05) is 38.5 Å². The molecule has 0 bridgehead atoms. The third-order valence-electron chi connectivity index (χ3n) is 4.96. The molecule has 3 rings (SSSR count). The molecule has 116 valence electrons. The van der Waals surface area contributed by atoms with Gasteiger partial charge in [-0.2, -0.15) is 0 Å². The van der Waals surface area contributed by atoms with Crippen LogP contribution in [0.2, 0.25) is 0 Å². The van der Waals surface area contributed by atoms with Crippen molar-refractivity contribution in [3.05, 3.63) is 12.4 Å². The van der Waals surface area contributed by atoms with Crippen molar-refractivity contribution in [3.63, 3.8) is 0 Å². The van der Waals surface area contributed by atoms with Gasteiger partial charge in [0.25, 0.3) is 0 Å². The van der Waals surface area contributed by atoms with E-state index in [4.69, 9.17) is 0 Å². The molecule has 4 nitrogen and oxygen atoms in total. The van der Waals surface area contributed by atoms with Crippen LogP contribution >= 0.6 is 11.8 Å². The Labute approximate surface area is 131 Å². The first kappa shape index (κ1) is 14.9. The molecular weight excluding hydrogens is 282 g/mol. The summed E-state index contributed by atoms with van der Waals surface area (Å²) in [5.74, 6) is 1.92. The second-order valence-electron chi connectivity index (χ2n) is 6.58. The first-order valence-corrected chi connectivity index (χ1v) is 9.08. The Kier molecular flexibility index (Phi) is 4.57. The molecule has 0 unspecified atom stereocenters. The molecule has 2 aliphatic carbocycles. The number of rotatable bonds is 5. The minimum Gasteiger partial charge on any atom is -0.352 e. The molecule has 1 heterocycles. The zero-order valence-corrected chi connectivity index (χ0v) is 13.7. The number of thioether (sulfide) groups is 1. The largest absolute Gasteiger partial charge is 0.352 e. The van der Waals surface area contributed by atoms with Crippen LogP contribution in [-0.2, 0) is 4.79 Å². The first-order valence-electron chi connectivity index (χ1n) is 8.10. The second-order valence-corrected chi connectivity index (χ2v) is 7.52. The van der Waals surface area contributed by atoms with Crippen molar-refractivity contribution < 1.29 is 4.79 Å². The monoisotopic (exact) mass is 307 g/mol. The number of imidazole rings is 1. The lowest BCUT2D eigenvalue weighted by Gasteiger charge is -2.34. The highest BCUT2D eigenvalue weighted by Crippen LogP contribution is 2.37. The topological polar surface area (TPSA) is 46.9 Å². The van der Waals surface area contributed by atoms with Crippen LogP contribution in [0, 0.1) is 11.8 Å². The first-order chi connectivity index (χ1) is 10.1. The molecule has 1 aromatic heterocycles. The van der Waals surface area contributed by atoms with E-state index in [2.05, 4.69) is 28.7 Å². The number of carbonyl (C=O) groups excluding carboxylic acids is 1. The van der Waals surface area contributed by atoms with Crippen LogP contribution in [0.25, 0.3) is 0 Å². The van der Waals surface area contributed by atoms with E-state index < -0.39 is 0 Å². The lowest BCUT2D eigenvalue weighted by atomic mass is 9.78. The van der Waals surface area contributed by atoms with Gasteiger partial charge in [0.05, 0.1) is 5.75 Å². The van der Waals surface area contributed by atoms with E-state index in [0.717, 1.165) is 11.6 Å². The van der Waals surface area contributed by atoms with Gasteiger partial charge in [-0.3, -0.25) is 4.79 Å². The summed E-state index contributed by atoms with van der Waals surface area (Å²) in [5, 5.41) is 4.21. The molecule has 0 spiro atoms. The molecule has 0 aliphatic heterocycles. The Balaban J connectivity index is 1.49. The summed E-state index contributed by atoms with van der Waals surface area (Å²) in [4.78, 5) is 16.6. The molecule has 0 radical (unpaired) electrons. The Hall–Kier alpha value is -0.970. The summed E-state index contributed by atoms with van der Waals surface area (Å²) in [6.45, 7) is 4.56. The smallest absolute Gasteiger partial charge is 0.230 e. The fourth-order valence-electron chi connectivity index (χ4n) is 3.21. The number of aromatic nitrogens is 2. The molecule has 1 N–H and O–H groups in total. The van der Waals surface area contributed by atoms with Gasteiger partial charge in [0, 0.05) is 24.5 Å². The van der Waals surface area contributed by atoms with E-state index in [1.165, 1.54) is 25.7 Å². The third-order valence-corrected chi connectivity index (χ3v) is 5.94. The van der Waals surface area contributed by atoms with Gasteiger partial charge < -0.3 is 9.88 Å². The van der Waals surface area contributed by atoms with Crippen molar-refractivity contribution in [2.75, 3.05) is 5.75 Å². The number of nitrogens with one attached hydrogen (secondary N) is 1. The Morgan fingerprint density at radius 1 is 1.38 bits per heavy atom. The number of hydrogen-bond acceptors (Lipinski definition) is 3. The van der Waals surface area contributed by atoms with Gasteiger partial charge in [-0.15, -0.1) is 0 Å². The third kappa shape index (κ3) is 3.62. The van der Waals surface area contributed by atoms with Gasteiger partial charge in [0.15, 0.2) is 5.16 Å². The van der Waals surface area contributed by atoms with Gasteiger partial charge >= 0.3 is 0 Å². The summed E-state index contributed by atoms with van der Waals surface area (Å²) in [7, 11) is 0. The van der Waals surface area contributed by atoms with E-state index in [0.29, 0.717) is 29.7 Å². The SMILES string of the molecule is C[C@@H]1[C@H](C)CCC[C@H]1NC(=O)CSc1nccn1C1CC1. The van der Waals surface area contributed by atoms with Crippen molar-refractivity contribution in [1.82, 2.24) is 14.9 Å². The maximum absolute atomic E-state index is 12.2. The lowest BCUT2D eigenvalue weighted by Crippen LogP contribution is -2.44. The quantitative estimate of drug-likeness (QED) is 0.849. The lowest BCUT2D eigenvalue weighted by molar-refractivity contribution is -0.120. The Morgan fingerprint density at radius 3 is 2.95 bits per heavy atom. The van der Waals surface area contributed by atoms with Crippen molar-refractivity contribution in [3.8, 4) is 0 Å². The molecule has 1 amide bonds. The van der Waals surface area contributed by atoms with Crippen molar-refractivity contribution in [2.24, 2.45) is 11.8 Å². The fraction of sp³-hybridized carbons (Fsp3) is 0.750. The highest BCUT2D eigenvalue weighted by atomic mass is 32.2. The predicted molar refractivity (Wildman–Crippen MR) is 85.3 cm³/mol. The average Bonchev–Trinajstić information content (AvgIpc) is 3.20. The van der Waals surface area contributed by atoms with Gasteiger partial charge in [-0.25, -0.2) is 4.98 Å². The minimum absolute atomic E-state index is 0.149. The molecule has 2 fully saturated rings. The number of amides is 1. The molecule has 2 saturated carbocycles. The summed E-state index contributed by atoms with van der Waals surface area (Å²) >= 11 is 1.56. The molecule has 0 aromatic carbocycles. The molecule has 5 heteroatoms. The van der Waals surface area contributed by atoms with Gasteiger partial charge in [-0.05, 0) is 31.1 Å². The second kappa shape index (κ2) is 6.42. The number of carbonyl (C=O) groups is 1. The minimum atomic E-state index is 0.149. The molecule has 1 aromatic rings. The Bertz CT molecular complexity index is 497. The Morgan fingerprint density at radius 2 is 2.19 bits per heavy atom. The highest BCUT2D eigenvalue weighted by molar-refractivity contribution is 7.99. The van der Waals surface area contributed by atoms with Crippen LogP contribution in [0.5, 0.6) is 0 Å². The summed E-state index contributed by atoms with van der Waals surface area (Å²) in [6, 6.07) is 0.974. The summed E-state index contributed by atoms with van der Waals surface area (Å²) in [5.41, 5.74) is 0. The van der Waals surface area contributed by atoms with Crippen LogP contribution in [-0.4, -0.2) is 27.3 Å². The van der Waals surface area contributed by atoms with E-state index in [1.807, 2.05) is 12.4 Å². The number of nitrogens with zero attached hydrogens (tertiary/aromatic N) is 2. The fourth-order valence-corrected chi connectivity index (χ4v) is 4.04. The van der Waals surface area contributed by atoms with Crippen LogP contribution < -0.4 is 5.32 Å². The van der Waals surface area contributed by atoms with Crippen molar-refractivity contribution in [1.29, 1.82) is 0 Å². The summed E-state index contributed by atoms with van der Waals surface area (Å²) in [6.07, 6.45) is 10.0. The van der Waals surface area contributed by atoms with Gasteiger partial charge in [0.1, 0.15) is 0 Å². The number of hydrogen-bond donors (Lipinski definition) is 1. The van der Waals surface area contributed by atoms with E-state index in [9.17, 15) is 4.79 Å². The van der Waals surface area contributed by atoms with E-state index in [-0.39, 0.29) is 5.91 Å². The predicted octanol–water partition coefficient (Wildman–Crippen LogP) is 3.25. The van der Waals surface area contributed by atoms with Crippen LogP contribution in [0.3, 0.4) is 0 Å². The zero-order valence-electron chi connectivity index (χ0n) is 12.9. The van der Waals surface area contributed by atoms with Crippen LogP contribution in [0.4, 0.5) is 0 Å². The normalized spacial score (nSPS) is 29.3. The van der Waals surface area contributed by atoms with Crippen LogP contribution in [0.15, 0.2) is 17.6 Å². The zero-order chi connectivity index (χ0) is 14.8.